The summed E-state index contributed by atoms with van der Waals surface area (Å²) in [5, 5.41) is 1.22. The minimum Gasteiger partial charge on any atom is -0.370 e. The molecule has 2 aromatic heterocycles. The Morgan fingerprint density at radius 1 is 1.35 bits per heavy atom. The van der Waals surface area contributed by atoms with Gasteiger partial charge in [-0.1, -0.05) is 43.0 Å². The standard InChI is InChI=1S/C25H28N4O3S2/c1-3-12-29-24(32)22-18-10-9-16(2)14-19(18)34-23(22)27-25(29)33-15-21(31)28(13-11-20(26)30)17-7-5-4-6-8-17/h3-8,16H,1,9-15H2,2H3,(H2,26,30)/t16-/m1/s1. The number of hydrogen-bond acceptors (Lipinski definition) is 6. The van der Waals surface area contributed by atoms with Gasteiger partial charge in [0, 0.05) is 30.1 Å². The number of aryl methyl sites for hydroxylation is 1. The number of thiophene rings is 1. The molecule has 0 radical (unpaired) electrons. The first-order chi connectivity index (χ1) is 16.4. The molecule has 1 aliphatic carbocycles. The van der Waals surface area contributed by atoms with E-state index in [2.05, 4.69) is 13.5 Å². The Bertz CT molecular complexity index is 1280. The van der Waals surface area contributed by atoms with E-state index in [-0.39, 0.29) is 30.2 Å². The van der Waals surface area contributed by atoms with Crippen molar-refractivity contribution in [1.82, 2.24) is 9.55 Å². The first kappa shape index (κ1) is 24.2. The zero-order chi connectivity index (χ0) is 24.2. The van der Waals surface area contributed by atoms with Crippen LogP contribution in [0.1, 0.15) is 30.2 Å². The van der Waals surface area contributed by atoms with Gasteiger partial charge in [-0.15, -0.1) is 17.9 Å². The summed E-state index contributed by atoms with van der Waals surface area (Å²) in [7, 11) is 0. The first-order valence-electron chi connectivity index (χ1n) is 11.3. The predicted octanol–water partition coefficient (Wildman–Crippen LogP) is 3.77. The average Bonchev–Trinajstić information content (AvgIpc) is 3.17. The van der Waals surface area contributed by atoms with Crippen molar-refractivity contribution < 1.29 is 9.59 Å². The van der Waals surface area contributed by atoms with E-state index < -0.39 is 5.91 Å². The largest absolute Gasteiger partial charge is 0.370 e. The molecule has 0 fully saturated rings. The molecule has 1 atom stereocenters. The average molecular weight is 497 g/mol. The van der Waals surface area contributed by atoms with Crippen LogP contribution in [0.5, 0.6) is 0 Å². The van der Waals surface area contributed by atoms with E-state index >= 15 is 0 Å². The molecule has 0 aliphatic heterocycles. The third kappa shape index (κ3) is 5.10. The molecule has 34 heavy (non-hydrogen) atoms. The van der Waals surface area contributed by atoms with Gasteiger partial charge in [-0.2, -0.15) is 0 Å². The smallest absolute Gasteiger partial charge is 0.263 e. The Morgan fingerprint density at radius 2 is 2.12 bits per heavy atom. The van der Waals surface area contributed by atoms with E-state index in [1.165, 1.54) is 16.6 Å². The highest BCUT2D eigenvalue weighted by molar-refractivity contribution is 7.99. The molecule has 2 N–H and O–H groups in total. The number of hydrogen-bond donors (Lipinski definition) is 1. The van der Waals surface area contributed by atoms with Crippen LogP contribution in [0, 0.1) is 5.92 Å². The molecule has 2 amide bonds. The van der Waals surface area contributed by atoms with Crippen LogP contribution in [0.25, 0.3) is 10.2 Å². The first-order valence-corrected chi connectivity index (χ1v) is 13.1. The quantitative estimate of drug-likeness (QED) is 0.276. The number of carbonyl (C=O) groups is 2. The maximum atomic E-state index is 13.5. The van der Waals surface area contributed by atoms with Gasteiger partial charge in [0.1, 0.15) is 4.83 Å². The lowest BCUT2D eigenvalue weighted by molar-refractivity contribution is -0.118. The van der Waals surface area contributed by atoms with Crippen molar-refractivity contribution in [3.8, 4) is 0 Å². The fourth-order valence-electron chi connectivity index (χ4n) is 4.24. The lowest BCUT2D eigenvalue weighted by Crippen LogP contribution is -2.35. The molecule has 1 aromatic carbocycles. The van der Waals surface area contributed by atoms with E-state index in [4.69, 9.17) is 10.7 Å². The van der Waals surface area contributed by atoms with Crippen LogP contribution in [0.15, 0.2) is 52.9 Å². The Balaban J connectivity index is 1.63. The lowest BCUT2D eigenvalue weighted by Gasteiger charge is -2.22. The summed E-state index contributed by atoms with van der Waals surface area (Å²) in [5.41, 5.74) is 7.09. The number of nitrogens with zero attached hydrogens (tertiary/aromatic N) is 3. The van der Waals surface area contributed by atoms with Gasteiger partial charge in [0.15, 0.2) is 5.16 Å². The number of aromatic nitrogens is 2. The van der Waals surface area contributed by atoms with Crippen LogP contribution in [-0.4, -0.2) is 33.7 Å². The molecule has 3 aromatic rings. The molecule has 178 valence electrons. The zero-order valence-corrected chi connectivity index (χ0v) is 20.8. The van der Waals surface area contributed by atoms with Crippen molar-refractivity contribution >= 4 is 50.8 Å². The number of thioether (sulfide) groups is 1. The van der Waals surface area contributed by atoms with Gasteiger partial charge in [-0.3, -0.25) is 19.0 Å². The van der Waals surface area contributed by atoms with Crippen molar-refractivity contribution in [3.63, 3.8) is 0 Å². The number of benzene rings is 1. The van der Waals surface area contributed by atoms with Gasteiger partial charge in [-0.25, -0.2) is 4.98 Å². The van der Waals surface area contributed by atoms with Crippen molar-refractivity contribution in [2.24, 2.45) is 11.7 Å². The highest BCUT2D eigenvalue weighted by Crippen LogP contribution is 2.36. The van der Waals surface area contributed by atoms with Gasteiger partial charge >= 0.3 is 0 Å². The zero-order valence-electron chi connectivity index (χ0n) is 19.2. The summed E-state index contributed by atoms with van der Waals surface area (Å²) in [5.74, 6) is 0.0255. The molecule has 0 saturated carbocycles. The monoisotopic (exact) mass is 496 g/mol. The topological polar surface area (TPSA) is 98.3 Å². The second-order valence-electron chi connectivity index (χ2n) is 8.52. The highest BCUT2D eigenvalue weighted by Gasteiger charge is 2.25. The number of para-hydroxylation sites is 1. The van der Waals surface area contributed by atoms with E-state index in [1.807, 2.05) is 30.3 Å². The molecule has 0 unspecified atom stereocenters. The molecule has 9 heteroatoms. The summed E-state index contributed by atoms with van der Waals surface area (Å²) in [4.78, 5) is 46.3. The number of primary amides is 1. The highest BCUT2D eigenvalue weighted by atomic mass is 32.2. The molecule has 7 nitrogen and oxygen atoms in total. The molecule has 0 bridgehead atoms. The van der Waals surface area contributed by atoms with Crippen molar-refractivity contribution in [1.29, 1.82) is 0 Å². The van der Waals surface area contributed by atoms with E-state index in [9.17, 15) is 14.4 Å². The fourth-order valence-corrected chi connectivity index (χ4v) is 6.55. The number of rotatable bonds is 9. The third-order valence-electron chi connectivity index (χ3n) is 5.97. The SMILES string of the molecule is C=CCn1c(SCC(=O)N(CCC(N)=O)c2ccccc2)nc2sc3c(c2c1=O)CC[C@@H](C)C3. The maximum absolute atomic E-state index is 13.5. The third-order valence-corrected chi connectivity index (χ3v) is 8.08. The molecule has 1 aliphatic rings. The van der Waals surface area contributed by atoms with Gasteiger partial charge < -0.3 is 10.6 Å². The predicted molar refractivity (Wildman–Crippen MR) is 139 cm³/mol. The maximum Gasteiger partial charge on any atom is 0.263 e. The Hall–Kier alpha value is -2.91. The Morgan fingerprint density at radius 3 is 2.82 bits per heavy atom. The number of carbonyl (C=O) groups excluding carboxylic acids is 2. The molecular weight excluding hydrogens is 468 g/mol. The van der Waals surface area contributed by atoms with Crippen LogP contribution in [-0.2, 0) is 29.0 Å². The Labute approximate surface area is 206 Å². The van der Waals surface area contributed by atoms with Crippen LogP contribution in [0.3, 0.4) is 0 Å². The second-order valence-corrected chi connectivity index (χ2v) is 10.5. The summed E-state index contributed by atoms with van der Waals surface area (Å²) in [6, 6.07) is 9.17. The van der Waals surface area contributed by atoms with Crippen LogP contribution < -0.4 is 16.2 Å². The van der Waals surface area contributed by atoms with Crippen LogP contribution >= 0.6 is 23.1 Å². The Kier molecular flexibility index (Phi) is 7.53. The number of anilines is 1. The molecule has 4 rings (SSSR count). The van der Waals surface area contributed by atoms with Crippen LogP contribution in [0.4, 0.5) is 5.69 Å². The van der Waals surface area contributed by atoms with E-state index in [0.29, 0.717) is 23.3 Å². The second kappa shape index (κ2) is 10.6. The van der Waals surface area contributed by atoms with Crippen molar-refractivity contribution in [2.75, 3.05) is 17.2 Å². The number of amides is 2. The van der Waals surface area contributed by atoms with Gasteiger partial charge in [0.25, 0.3) is 5.56 Å². The molecule has 0 saturated heterocycles. The summed E-state index contributed by atoms with van der Waals surface area (Å²) >= 11 is 2.83. The van der Waals surface area contributed by atoms with Gasteiger partial charge in [-0.05, 0) is 42.9 Å². The van der Waals surface area contributed by atoms with Crippen molar-refractivity contribution in [2.45, 2.75) is 44.3 Å². The summed E-state index contributed by atoms with van der Waals surface area (Å²) in [6.07, 6.45) is 4.69. The van der Waals surface area contributed by atoms with Crippen LogP contribution in [0.2, 0.25) is 0 Å². The minimum atomic E-state index is -0.468. The van der Waals surface area contributed by atoms with Gasteiger partial charge in [0.2, 0.25) is 11.8 Å². The number of allylic oxidation sites excluding steroid dienone is 1. The number of fused-ring (bicyclic) bond motifs is 3. The summed E-state index contributed by atoms with van der Waals surface area (Å²) in [6.45, 7) is 6.55. The fraction of sp³-hybridized carbons (Fsp3) is 0.360. The van der Waals surface area contributed by atoms with E-state index in [1.54, 1.807) is 26.9 Å². The molecular formula is C25H28N4O3S2. The van der Waals surface area contributed by atoms with E-state index in [0.717, 1.165) is 35.0 Å². The molecule has 0 spiro atoms. The lowest BCUT2D eigenvalue weighted by atomic mass is 9.89. The van der Waals surface area contributed by atoms with Crippen molar-refractivity contribution in [3.05, 3.63) is 63.8 Å². The normalized spacial score (nSPS) is 15.1. The summed E-state index contributed by atoms with van der Waals surface area (Å²) < 4.78 is 1.61. The molecule has 2 heterocycles. The number of nitrogens with two attached hydrogens (primary N) is 1. The minimum absolute atomic E-state index is 0.0653. The van der Waals surface area contributed by atoms with Gasteiger partial charge in [0.05, 0.1) is 11.1 Å².